The molecular weight excluding hydrogens is 462 g/mol. The summed E-state index contributed by atoms with van der Waals surface area (Å²) >= 11 is 0. The highest BCUT2D eigenvalue weighted by Crippen LogP contribution is 2.65. The van der Waals surface area contributed by atoms with Crippen LogP contribution in [0.1, 0.15) is 84.5 Å². The number of hydrogen-bond acceptors (Lipinski definition) is 6. The third-order valence-corrected chi connectivity index (χ3v) is 10.6. The Morgan fingerprint density at radius 1 is 1.06 bits per heavy atom. The maximum atomic E-state index is 12.8. The zero-order valence-electron chi connectivity index (χ0n) is 21.4. The van der Waals surface area contributed by atoms with Gasteiger partial charge in [-0.1, -0.05) is 19.4 Å². The van der Waals surface area contributed by atoms with E-state index in [0.29, 0.717) is 24.2 Å². The number of nitrogens with zero attached hydrogens (tertiary/aromatic N) is 1. The topological polar surface area (TPSA) is 121 Å². The Balaban J connectivity index is 1.19. The van der Waals surface area contributed by atoms with Crippen molar-refractivity contribution in [2.24, 2.45) is 28.6 Å². The highest BCUT2D eigenvalue weighted by molar-refractivity contribution is 5.91. The molecule has 0 spiro atoms. The van der Waals surface area contributed by atoms with Crippen molar-refractivity contribution in [2.75, 3.05) is 6.54 Å². The Labute approximate surface area is 212 Å². The van der Waals surface area contributed by atoms with Crippen molar-refractivity contribution in [1.82, 2.24) is 4.90 Å². The normalized spacial score (nSPS) is 41.7. The molecule has 36 heavy (non-hydrogen) atoms. The molecule has 4 aliphatic carbocycles. The molecule has 8 nitrogen and oxygen atoms in total. The van der Waals surface area contributed by atoms with Gasteiger partial charge in [-0.3, -0.25) is 14.4 Å². The van der Waals surface area contributed by atoms with E-state index in [4.69, 9.17) is 4.74 Å². The van der Waals surface area contributed by atoms with E-state index in [9.17, 15) is 29.4 Å². The van der Waals surface area contributed by atoms with Crippen molar-refractivity contribution in [3.05, 3.63) is 11.6 Å². The van der Waals surface area contributed by atoms with E-state index in [-0.39, 0.29) is 48.5 Å². The fourth-order valence-corrected chi connectivity index (χ4v) is 8.60. The summed E-state index contributed by atoms with van der Waals surface area (Å²) in [5.74, 6) is -0.0520. The highest BCUT2D eigenvalue weighted by atomic mass is 16.5. The largest absolute Gasteiger partial charge is 0.480 e. The molecule has 198 valence electrons. The van der Waals surface area contributed by atoms with Gasteiger partial charge in [0.05, 0.1) is 12.5 Å². The van der Waals surface area contributed by atoms with Crippen molar-refractivity contribution in [2.45, 2.75) is 103 Å². The van der Waals surface area contributed by atoms with Gasteiger partial charge in [-0.2, -0.15) is 0 Å². The lowest BCUT2D eigenvalue weighted by atomic mass is 9.47. The summed E-state index contributed by atoms with van der Waals surface area (Å²) in [5, 5.41) is 19.1. The standard InChI is InChI=1S/C28H39NO7/c1-27-11-9-17(30)13-16(27)3-4-19-20-5-6-23(28(20,2)12-10-21(19)27)36-25(33)8-7-24(32)29-15-18(31)14-22(29)26(34)35/h13,18-23,31H,3-12,14-15H2,1-2H3,(H,34,35). The van der Waals surface area contributed by atoms with Crippen LogP contribution < -0.4 is 0 Å². The van der Waals surface area contributed by atoms with Gasteiger partial charge in [-0.25, -0.2) is 4.79 Å². The lowest BCUT2D eigenvalue weighted by molar-refractivity contribution is -0.161. The molecule has 1 aliphatic heterocycles. The van der Waals surface area contributed by atoms with Crippen LogP contribution in [0.25, 0.3) is 0 Å². The molecule has 1 heterocycles. The molecule has 2 N–H and O–H groups in total. The van der Waals surface area contributed by atoms with Crippen LogP contribution in [0.5, 0.6) is 0 Å². The van der Waals surface area contributed by atoms with Crippen LogP contribution in [0, 0.1) is 28.6 Å². The third-order valence-electron chi connectivity index (χ3n) is 10.6. The summed E-state index contributed by atoms with van der Waals surface area (Å²) in [6.07, 6.45) is 8.37. The molecule has 0 radical (unpaired) electrons. The number of amides is 1. The number of aliphatic hydroxyl groups excluding tert-OH is 1. The maximum Gasteiger partial charge on any atom is 0.326 e. The van der Waals surface area contributed by atoms with Gasteiger partial charge in [0.1, 0.15) is 12.1 Å². The van der Waals surface area contributed by atoms with E-state index in [1.54, 1.807) is 0 Å². The number of hydrogen-bond donors (Lipinski definition) is 2. The fraction of sp³-hybridized carbons (Fsp3) is 0.786. The van der Waals surface area contributed by atoms with Gasteiger partial charge in [0, 0.05) is 31.2 Å². The van der Waals surface area contributed by atoms with Crippen LogP contribution in [-0.4, -0.2) is 63.5 Å². The first-order valence-corrected chi connectivity index (χ1v) is 13.7. The van der Waals surface area contributed by atoms with Gasteiger partial charge < -0.3 is 19.8 Å². The number of β-amino-alcohol motifs (C(OH)–C–C–N with tert-alkyl or cyclic N) is 1. The van der Waals surface area contributed by atoms with Gasteiger partial charge >= 0.3 is 11.9 Å². The second-order valence-corrected chi connectivity index (χ2v) is 12.4. The lowest BCUT2D eigenvalue weighted by Gasteiger charge is -2.57. The quantitative estimate of drug-likeness (QED) is 0.555. The minimum absolute atomic E-state index is 0.0141. The Hall–Kier alpha value is -2.22. The van der Waals surface area contributed by atoms with Crippen molar-refractivity contribution in [3.8, 4) is 0 Å². The molecule has 5 rings (SSSR count). The molecule has 5 aliphatic rings. The fourth-order valence-electron chi connectivity index (χ4n) is 8.60. The molecule has 8 atom stereocenters. The van der Waals surface area contributed by atoms with Crippen molar-refractivity contribution in [1.29, 1.82) is 0 Å². The van der Waals surface area contributed by atoms with E-state index >= 15 is 0 Å². The zero-order valence-corrected chi connectivity index (χ0v) is 21.4. The average molecular weight is 502 g/mol. The Kier molecular flexibility index (Phi) is 6.54. The molecule has 0 aromatic carbocycles. The van der Waals surface area contributed by atoms with E-state index in [1.165, 1.54) is 10.5 Å². The first-order chi connectivity index (χ1) is 17.0. The predicted molar refractivity (Wildman–Crippen MR) is 130 cm³/mol. The summed E-state index contributed by atoms with van der Waals surface area (Å²) in [5.41, 5.74) is 1.39. The number of ketones is 1. The maximum absolute atomic E-state index is 12.8. The molecule has 0 aromatic rings. The molecule has 0 aromatic heterocycles. The number of ether oxygens (including phenoxy) is 1. The number of carboxylic acid groups (broad SMARTS) is 1. The van der Waals surface area contributed by atoms with Gasteiger partial charge in [0.15, 0.2) is 5.78 Å². The second-order valence-electron chi connectivity index (χ2n) is 12.4. The first-order valence-electron chi connectivity index (χ1n) is 13.7. The van der Waals surface area contributed by atoms with Crippen molar-refractivity contribution >= 4 is 23.6 Å². The summed E-state index contributed by atoms with van der Waals surface area (Å²) in [7, 11) is 0. The molecule has 1 amide bonds. The second kappa shape index (κ2) is 9.26. The number of carbonyl (C=O) groups excluding carboxylic acids is 3. The average Bonchev–Trinajstić information content (AvgIpc) is 3.38. The van der Waals surface area contributed by atoms with Crippen LogP contribution in [0.15, 0.2) is 11.6 Å². The van der Waals surface area contributed by atoms with Crippen molar-refractivity contribution < 1.29 is 34.1 Å². The molecule has 1 saturated heterocycles. The minimum Gasteiger partial charge on any atom is -0.480 e. The molecular formula is C28H39NO7. The number of carboxylic acids is 1. The number of allylic oxidation sites excluding steroid dienone is 1. The zero-order chi connectivity index (χ0) is 25.8. The van der Waals surface area contributed by atoms with Gasteiger partial charge in [0.25, 0.3) is 0 Å². The van der Waals surface area contributed by atoms with E-state index < -0.39 is 30.0 Å². The van der Waals surface area contributed by atoms with Crippen LogP contribution in [0.3, 0.4) is 0 Å². The number of aliphatic hydroxyl groups is 1. The van der Waals surface area contributed by atoms with E-state index in [1.807, 2.05) is 6.08 Å². The number of fused-ring (bicyclic) bond motifs is 5. The summed E-state index contributed by atoms with van der Waals surface area (Å²) in [6, 6.07) is -1.04. The van der Waals surface area contributed by atoms with E-state index in [0.717, 1.165) is 44.9 Å². The number of carbonyl (C=O) groups is 4. The molecule has 0 bridgehead atoms. The first kappa shape index (κ1) is 25.4. The van der Waals surface area contributed by atoms with Gasteiger partial charge in [-0.15, -0.1) is 0 Å². The Bertz CT molecular complexity index is 990. The van der Waals surface area contributed by atoms with Gasteiger partial charge in [-0.05, 0) is 74.2 Å². The smallest absolute Gasteiger partial charge is 0.326 e. The lowest BCUT2D eigenvalue weighted by Crippen LogP contribution is -2.51. The highest BCUT2D eigenvalue weighted by Gasteiger charge is 2.60. The summed E-state index contributed by atoms with van der Waals surface area (Å²) in [4.78, 5) is 50.0. The number of likely N-dealkylation sites (tertiary alicyclic amines) is 1. The summed E-state index contributed by atoms with van der Waals surface area (Å²) < 4.78 is 5.99. The molecule has 3 saturated carbocycles. The van der Waals surface area contributed by atoms with E-state index in [2.05, 4.69) is 13.8 Å². The van der Waals surface area contributed by atoms with Crippen LogP contribution in [0.2, 0.25) is 0 Å². The minimum atomic E-state index is -1.14. The number of aliphatic carboxylic acids is 1. The monoisotopic (exact) mass is 501 g/mol. The molecule has 4 fully saturated rings. The predicted octanol–water partition coefficient (Wildman–Crippen LogP) is 3.26. The SMILES string of the molecule is CC12CCC(=O)C=C1CCC1C2CCC2(C)C(OC(=O)CCC(=O)N3CC(O)CC3C(=O)O)CCC12. The number of esters is 1. The Morgan fingerprint density at radius 3 is 2.58 bits per heavy atom. The molecule has 8 unspecified atom stereocenters. The van der Waals surface area contributed by atoms with Gasteiger partial charge in [0.2, 0.25) is 5.91 Å². The summed E-state index contributed by atoms with van der Waals surface area (Å²) in [6.45, 7) is 4.62. The number of rotatable bonds is 5. The molecule has 8 heteroatoms. The Morgan fingerprint density at radius 2 is 1.83 bits per heavy atom. The van der Waals surface area contributed by atoms with Crippen molar-refractivity contribution in [3.63, 3.8) is 0 Å². The van der Waals surface area contributed by atoms with Crippen LogP contribution >= 0.6 is 0 Å². The van der Waals surface area contributed by atoms with Crippen LogP contribution in [-0.2, 0) is 23.9 Å². The third kappa shape index (κ3) is 4.19. The van der Waals surface area contributed by atoms with Crippen LogP contribution in [0.4, 0.5) is 0 Å².